The minimum Gasteiger partial charge on any atom is -0.386 e. The zero-order valence-electron chi connectivity index (χ0n) is 8.12. The van der Waals surface area contributed by atoms with Gasteiger partial charge in [0, 0.05) is 0 Å². The molecular weight excluding hydrogens is 207 g/mol. The van der Waals surface area contributed by atoms with Crippen LogP contribution in [0.1, 0.15) is 18.6 Å². The van der Waals surface area contributed by atoms with E-state index < -0.39 is 17.8 Å². The van der Waals surface area contributed by atoms with E-state index in [1.165, 1.54) is 12.1 Å². The van der Waals surface area contributed by atoms with Crippen molar-refractivity contribution in [2.75, 3.05) is 0 Å². The zero-order valence-corrected chi connectivity index (χ0v) is 8.12. The Labute approximate surface area is 85.5 Å². The standard InChI is InChI=1S/C10H12F3NO/c1-9(14,10(11,12)13)8(15)7-5-3-2-4-6-7/h2-6,8,15H,14H2,1H3/t8?,9-/m1/s1. The molecule has 0 fully saturated rings. The summed E-state index contributed by atoms with van der Waals surface area (Å²) in [6, 6.07) is 7.55. The number of aliphatic hydroxyl groups excluding tert-OH is 1. The molecule has 5 heteroatoms. The maximum atomic E-state index is 12.5. The van der Waals surface area contributed by atoms with Crippen molar-refractivity contribution < 1.29 is 18.3 Å². The van der Waals surface area contributed by atoms with Crippen molar-refractivity contribution in [1.29, 1.82) is 0 Å². The van der Waals surface area contributed by atoms with Crippen LogP contribution in [0.15, 0.2) is 30.3 Å². The third-order valence-corrected chi connectivity index (χ3v) is 2.29. The second kappa shape index (κ2) is 3.83. The largest absolute Gasteiger partial charge is 0.408 e. The number of halogens is 3. The molecule has 1 aromatic rings. The number of aliphatic hydroxyl groups is 1. The number of benzene rings is 1. The maximum Gasteiger partial charge on any atom is 0.408 e. The minimum absolute atomic E-state index is 0.153. The summed E-state index contributed by atoms with van der Waals surface area (Å²) in [5.74, 6) is 0. The van der Waals surface area contributed by atoms with Gasteiger partial charge in [-0.15, -0.1) is 0 Å². The van der Waals surface area contributed by atoms with E-state index in [0.717, 1.165) is 6.92 Å². The summed E-state index contributed by atoms with van der Waals surface area (Å²) in [6.45, 7) is 0.769. The Bertz CT molecular complexity index is 321. The van der Waals surface area contributed by atoms with Gasteiger partial charge < -0.3 is 10.8 Å². The molecule has 0 bridgehead atoms. The first-order valence-electron chi connectivity index (χ1n) is 4.35. The van der Waals surface area contributed by atoms with Crippen LogP contribution in [0.25, 0.3) is 0 Å². The molecule has 0 heterocycles. The van der Waals surface area contributed by atoms with E-state index in [2.05, 4.69) is 0 Å². The van der Waals surface area contributed by atoms with Crippen LogP contribution in [0.2, 0.25) is 0 Å². The summed E-state index contributed by atoms with van der Waals surface area (Å²) in [5, 5.41) is 9.54. The second-order valence-electron chi connectivity index (χ2n) is 3.59. The lowest BCUT2D eigenvalue weighted by atomic mass is 9.90. The highest BCUT2D eigenvalue weighted by atomic mass is 19.4. The van der Waals surface area contributed by atoms with E-state index in [-0.39, 0.29) is 5.56 Å². The van der Waals surface area contributed by atoms with Crippen LogP contribution in [-0.2, 0) is 0 Å². The number of hydrogen-bond donors (Lipinski definition) is 2. The first-order valence-corrected chi connectivity index (χ1v) is 4.35. The molecule has 1 unspecified atom stereocenters. The van der Waals surface area contributed by atoms with Crippen LogP contribution >= 0.6 is 0 Å². The molecule has 0 spiro atoms. The Morgan fingerprint density at radius 1 is 1.20 bits per heavy atom. The second-order valence-corrected chi connectivity index (χ2v) is 3.59. The van der Waals surface area contributed by atoms with Crippen LogP contribution in [0.5, 0.6) is 0 Å². The first-order chi connectivity index (χ1) is 6.77. The number of alkyl halides is 3. The number of rotatable bonds is 2. The van der Waals surface area contributed by atoms with Crippen LogP contribution in [0.3, 0.4) is 0 Å². The fraction of sp³-hybridized carbons (Fsp3) is 0.400. The number of nitrogens with two attached hydrogens (primary N) is 1. The molecule has 2 atom stereocenters. The van der Waals surface area contributed by atoms with E-state index in [4.69, 9.17) is 5.73 Å². The molecule has 1 aromatic carbocycles. The van der Waals surface area contributed by atoms with E-state index in [0.29, 0.717) is 0 Å². The molecule has 84 valence electrons. The van der Waals surface area contributed by atoms with Crippen molar-refractivity contribution in [2.24, 2.45) is 5.73 Å². The summed E-state index contributed by atoms with van der Waals surface area (Å²) in [5.41, 5.74) is 2.60. The molecule has 0 saturated heterocycles. The van der Waals surface area contributed by atoms with Gasteiger partial charge in [-0.05, 0) is 12.5 Å². The van der Waals surface area contributed by atoms with Gasteiger partial charge in [0.2, 0.25) is 0 Å². The molecule has 0 aliphatic carbocycles. The molecule has 0 amide bonds. The summed E-state index contributed by atoms with van der Waals surface area (Å²) in [6.07, 6.45) is -6.42. The molecular formula is C10H12F3NO. The molecule has 15 heavy (non-hydrogen) atoms. The molecule has 0 saturated carbocycles. The van der Waals surface area contributed by atoms with Crippen molar-refractivity contribution in [2.45, 2.75) is 24.7 Å². The van der Waals surface area contributed by atoms with E-state index >= 15 is 0 Å². The topological polar surface area (TPSA) is 46.2 Å². The van der Waals surface area contributed by atoms with Gasteiger partial charge in [0.25, 0.3) is 0 Å². The first kappa shape index (κ1) is 12.0. The molecule has 1 rings (SSSR count). The quantitative estimate of drug-likeness (QED) is 0.799. The molecule has 0 aliphatic heterocycles. The highest BCUT2D eigenvalue weighted by Gasteiger charge is 2.53. The summed E-state index contributed by atoms with van der Waals surface area (Å²) < 4.78 is 37.5. The Hall–Kier alpha value is -1.07. The van der Waals surface area contributed by atoms with Gasteiger partial charge in [-0.25, -0.2) is 0 Å². The van der Waals surface area contributed by atoms with Gasteiger partial charge in [-0.3, -0.25) is 0 Å². The minimum atomic E-state index is -4.65. The van der Waals surface area contributed by atoms with Gasteiger partial charge in [-0.2, -0.15) is 13.2 Å². The lowest BCUT2D eigenvalue weighted by molar-refractivity contribution is -0.207. The van der Waals surface area contributed by atoms with Gasteiger partial charge in [0.05, 0.1) is 0 Å². The average molecular weight is 219 g/mol. The molecule has 0 radical (unpaired) electrons. The van der Waals surface area contributed by atoms with Crippen LogP contribution in [-0.4, -0.2) is 16.8 Å². The Morgan fingerprint density at radius 3 is 2.07 bits per heavy atom. The summed E-state index contributed by atoms with van der Waals surface area (Å²) in [7, 11) is 0. The van der Waals surface area contributed by atoms with E-state index in [1.807, 2.05) is 0 Å². The maximum absolute atomic E-state index is 12.5. The zero-order chi connectivity index (χ0) is 11.7. The van der Waals surface area contributed by atoms with Gasteiger partial charge in [0.15, 0.2) is 0 Å². The van der Waals surface area contributed by atoms with Crippen molar-refractivity contribution in [3.8, 4) is 0 Å². The number of hydrogen-bond acceptors (Lipinski definition) is 2. The smallest absolute Gasteiger partial charge is 0.386 e. The lowest BCUT2D eigenvalue weighted by Gasteiger charge is -2.32. The monoisotopic (exact) mass is 219 g/mol. The van der Waals surface area contributed by atoms with Crippen LogP contribution in [0.4, 0.5) is 13.2 Å². The highest BCUT2D eigenvalue weighted by molar-refractivity contribution is 5.21. The SMILES string of the molecule is C[C@@](N)(C(O)c1ccccc1)C(F)(F)F. The molecule has 0 aromatic heterocycles. The van der Waals surface area contributed by atoms with Crippen molar-refractivity contribution >= 4 is 0 Å². The van der Waals surface area contributed by atoms with Gasteiger partial charge in [0.1, 0.15) is 11.6 Å². The highest BCUT2D eigenvalue weighted by Crippen LogP contribution is 2.37. The Kier molecular flexibility index (Phi) is 3.06. The van der Waals surface area contributed by atoms with Crippen molar-refractivity contribution in [3.63, 3.8) is 0 Å². The fourth-order valence-electron chi connectivity index (χ4n) is 1.14. The van der Waals surface area contributed by atoms with Crippen molar-refractivity contribution in [1.82, 2.24) is 0 Å². The van der Waals surface area contributed by atoms with E-state index in [1.54, 1.807) is 18.2 Å². The lowest BCUT2D eigenvalue weighted by Crippen LogP contribution is -2.55. The van der Waals surface area contributed by atoms with E-state index in [9.17, 15) is 18.3 Å². The normalized spacial score (nSPS) is 18.3. The molecule has 3 N–H and O–H groups in total. The Balaban J connectivity index is 3.00. The molecule has 0 aliphatic rings. The predicted molar refractivity (Wildman–Crippen MR) is 50.0 cm³/mol. The Morgan fingerprint density at radius 2 is 1.67 bits per heavy atom. The van der Waals surface area contributed by atoms with Gasteiger partial charge >= 0.3 is 6.18 Å². The van der Waals surface area contributed by atoms with Crippen LogP contribution in [0, 0.1) is 0 Å². The fourth-order valence-corrected chi connectivity index (χ4v) is 1.14. The molecule has 2 nitrogen and oxygen atoms in total. The third kappa shape index (κ3) is 2.30. The third-order valence-electron chi connectivity index (χ3n) is 2.29. The summed E-state index contributed by atoms with van der Waals surface area (Å²) >= 11 is 0. The van der Waals surface area contributed by atoms with Crippen LogP contribution < -0.4 is 5.73 Å². The van der Waals surface area contributed by atoms with Crippen molar-refractivity contribution in [3.05, 3.63) is 35.9 Å². The predicted octanol–water partition coefficient (Wildman–Crippen LogP) is 2.00. The summed E-state index contributed by atoms with van der Waals surface area (Å²) in [4.78, 5) is 0. The average Bonchev–Trinajstić information content (AvgIpc) is 2.16. The van der Waals surface area contributed by atoms with Gasteiger partial charge in [-0.1, -0.05) is 30.3 Å².